The van der Waals surface area contributed by atoms with Crippen LogP contribution in [0, 0.1) is 5.92 Å². The number of benzene rings is 1. The molecule has 5 N–H and O–H groups in total. The van der Waals surface area contributed by atoms with Gasteiger partial charge in [0, 0.05) is 6.42 Å². The third kappa shape index (κ3) is 11.2. The van der Waals surface area contributed by atoms with Crippen molar-refractivity contribution in [1.29, 1.82) is 0 Å². The van der Waals surface area contributed by atoms with Crippen LogP contribution in [0.1, 0.15) is 38.7 Å². The van der Waals surface area contributed by atoms with E-state index in [2.05, 4.69) is 21.3 Å². The van der Waals surface area contributed by atoms with Gasteiger partial charge in [-0.15, -0.1) is 16.8 Å². The van der Waals surface area contributed by atoms with E-state index in [-0.39, 0.29) is 6.42 Å². The van der Waals surface area contributed by atoms with E-state index in [9.17, 15) is 33.9 Å². The fourth-order valence-electron chi connectivity index (χ4n) is 4.72. The summed E-state index contributed by atoms with van der Waals surface area (Å²) < 4.78 is 0. The summed E-state index contributed by atoms with van der Waals surface area (Å²) in [5.74, 6) is -2.39. The van der Waals surface area contributed by atoms with E-state index in [1.807, 2.05) is 18.6 Å². The molecule has 46 heavy (non-hydrogen) atoms. The largest absolute Gasteiger partial charge is 0.481 e. The summed E-state index contributed by atoms with van der Waals surface area (Å²) in [7, 11) is 0. The highest BCUT2D eigenvalue weighted by Gasteiger charge is 2.70. The first-order valence-electron chi connectivity index (χ1n) is 15.0. The van der Waals surface area contributed by atoms with Gasteiger partial charge in [-0.25, -0.2) is 0 Å². The number of hydroxylamine groups is 2. The van der Waals surface area contributed by atoms with E-state index in [0.717, 1.165) is 11.3 Å². The van der Waals surface area contributed by atoms with E-state index in [0.29, 0.717) is 30.6 Å². The van der Waals surface area contributed by atoms with Crippen LogP contribution in [0.2, 0.25) is 0 Å². The third-order valence-corrected chi connectivity index (χ3v) is 9.74. The molecule has 1 aromatic carbocycles. The molecule has 4 amide bonds. The van der Waals surface area contributed by atoms with Crippen molar-refractivity contribution in [2.75, 3.05) is 29.8 Å². The number of carboxylic acid groups (broad SMARTS) is 1. The zero-order valence-electron chi connectivity index (χ0n) is 26.4. The number of amides is 4. The Morgan fingerprint density at radius 2 is 1.54 bits per heavy atom. The molecule has 0 aromatic heterocycles. The van der Waals surface area contributed by atoms with Crippen LogP contribution in [-0.2, 0) is 40.0 Å². The molecule has 1 aromatic rings. The van der Waals surface area contributed by atoms with E-state index < -0.39 is 77.2 Å². The normalized spacial score (nSPS) is 21.3. The summed E-state index contributed by atoms with van der Waals surface area (Å²) in [6.07, 6.45) is 4.72. The van der Waals surface area contributed by atoms with Gasteiger partial charge in [0.05, 0.1) is 18.2 Å². The second kappa shape index (κ2) is 17.9. The monoisotopic (exact) mass is 697 g/mol. The second-order valence-corrected chi connectivity index (χ2v) is 14.6. The smallest absolute Gasteiger partial charge is 0.305 e. The first-order valence-corrected chi connectivity index (χ1v) is 18.7. The van der Waals surface area contributed by atoms with E-state index in [1.54, 1.807) is 66.7 Å². The molecule has 1 unspecified atom stereocenters. The molecule has 7 atom stereocenters. The quantitative estimate of drug-likeness (QED) is 0.0909. The van der Waals surface area contributed by atoms with Crippen molar-refractivity contribution in [2.45, 2.75) is 74.8 Å². The first kappa shape index (κ1) is 37.7. The Morgan fingerprint density at radius 1 is 0.935 bits per heavy atom. The van der Waals surface area contributed by atoms with Gasteiger partial charge in [-0.05, 0) is 48.3 Å². The molecule has 0 saturated carbocycles. The minimum atomic E-state index is -1.47. The van der Waals surface area contributed by atoms with Crippen LogP contribution < -0.4 is 21.3 Å². The Balaban J connectivity index is 1.74. The van der Waals surface area contributed by atoms with Crippen molar-refractivity contribution < 1.29 is 38.7 Å². The molecule has 16 heteroatoms. The Hall–Kier alpha value is -2.79. The van der Waals surface area contributed by atoms with Crippen LogP contribution in [0.3, 0.4) is 0 Å². The number of carbonyl (C=O) groups excluding carboxylic acids is 5. The Kier molecular flexibility index (Phi) is 14.7. The van der Waals surface area contributed by atoms with Crippen molar-refractivity contribution in [2.24, 2.45) is 5.92 Å². The highest BCUT2D eigenvalue weighted by atomic mass is 32.2. The van der Waals surface area contributed by atoms with Gasteiger partial charge < -0.3 is 31.2 Å². The Bertz CT molecular complexity index is 1240. The van der Waals surface area contributed by atoms with Gasteiger partial charge in [0.2, 0.25) is 28.7 Å². The van der Waals surface area contributed by atoms with Gasteiger partial charge in [0.1, 0.15) is 30.5 Å². The number of hydrogen-bond acceptors (Lipinski definition) is 11. The van der Waals surface area contributed by atoms with E-state index in [1.165, 1.54) is 11.8 Å². The van der Waals surface area contributed by atoms with Gasteiger partial charge >= 0.3 is 5.97 Å². The number of aldehydes is 1. The predicted octanol–water partition coefficient (Wildman–Crippen LogP) is 1.02. The average Bonchev–Trinajstić information content (AvgIpc) is 3.95. The minimum Gasteiger partial charge on any atom is -0.481 e. The lowest BCUT2D eigenvalue weighted by Crippen LogP contribution is -2.60. The SMILES string of the molecule is CSCC[C@@H](C=O)NC(=O)[C@H](Cc1ccccc1)NC(=O)[C@@H](NC(=O)[C@H](CC(=O)O)NC(=O)[C@H](CCSC)N1O[C@]12CS2)C(C)C. The molecule has 254 valence electrons. The summed E-state index contributed by atoms with van der Waals surface area (Å²) in [5.41, 5.74) is 0.766. The molecule has 3 rings (SSSR count). The van der Waals surface area contributed by atoms with Crippen molar-refractivity contribution >= 4 is 71.2 Å². The van der Waals surface area contributed by atoms with Crippen LogP contribution in [-0.4, -0.2) is 111 Å². The number of nitrogens with one attached hydrogen (secondary N) is 4. The number of carboxylic acids is 1. The number of thioether (sulfide) groups is 3. The maximum Gasteiger partial charge on any atom is 0.305 e. The maximum absolute atomic E-state index is 13.6. The van der Waals surface area contributed by atoms with Crippen molar-refractivity contribution in [3.8, 4) is 0 Å². The van der Waals surface area contributed by atoms with Gasteiger partial charge in [0.25, 0.3) is 0 Å². The Morgan fingerprint density at radius 3 is 2.09 bits per heavy atom. The molecule has 2 aliphatic rings. The molecule has 2 heterocycles. The van der Waals surface area contributed by atoms with Crippen molar-refractivity contribution in [3.05, 3.63) is 35.9 Å². The summed E-state index contributed by atoms with van der Waals surface area (Å²) in [5, 5.41) is 21.2. The average molecular weight is 698 g/mol. The number of rotatable bonds is 21. The van der Waals surface area contributed by atoms with Crippen LogP contribution in [0.5, 0.6) is 0 Å². The molecule has 13 nitrogen and oxygen atoms in total. The molecular weight excluding hydrogens is 655 g/mol. The molecule has 0 bridgehead atoms. The zero-order valence-corrected chi connectivity index (χ0v) is 28.8. The van der Waals surface area contributed by atoms with E-state index in [4.69, 9.17) is 4.84 Å². The first-order chi connectivity index (χ1) is 21.9. The Labute approximate surface area is 281 Å². The zero-order chi connectivity index (χ0) is 33.9. The van der Waals surface area contributed by atoms with Crippen molar-refractivity contribution in [3.63, 3.8) is 0 Å². The number of nitrogens with zero attached hydrogens (tertiary/aromatic N) is 1. The van der Waals surface area contributed by atoms with Crippen LogP contribution in [0.15, 0.2) is 30.3 Å². The minimum absolute atomic E-state index is 0.124. The molecule has 0 aliphatic carbocycles. The number of aliphatic carboxylic acids is 1. The summed E-state index contributed by atoms with van der Waals surface area (Å²) in [6, 6.07) is 3.88. The topological polar surface area (TPSA) is 186 Å². The summed E-state index contributed by atoms with van der Waals surface area (Å²) in [6.45, 7) is 3.38. The summed E-state index contributed by atoms with van der Waals surface area (Å²) in [4.78, 5) is 82.6. The van der Waals surface area contributed by atoms with E-state index >= 15 is 0 Å². The molecule has 0 radical (unpaired) electrons. The molecule has 2 saturated heterocycles. The highest BCUT2D eigenvalue weighted by Crippen LogP contribution is 2.61. The lowest BCUT2D eigenvalue weighted by Gasteiger charge is -2.28. The van der Waals surface area contributed by atoms with Crippen LogP contribution in [0.25, 0.3) is 0 Å². The molecule has 2 aliphatic heterocycles. The molecule has 2 fully saturated rings. The maximum atomic E-state index is 13.6. The highest BCUT2D eigenvalue weighted by molar-refractivity contribution is 8.07. The van der Waals surface area contributed by atoms with Gasteiger partial charge in [-0.3, -0.25) is 28.8 Å². The lowest BCUT2D eigenvalue weighted by molar-refractivity contribution is -0.141. The predicted molar refractivity (Wildman–Crippen MR) is 179 cm³/mol. The fraction of sp³-hybridized carbons (Fsp3) is 0.600. The standard InChI is InChI=1S/C30H43N5O8S3/c1-18(2)25(29(42)33-21(14-19-8-6-5-7-9-19)26(39)31-20(16-36)10-12-44-3)34-27(40)22(15-24(37)38)32-28(41)23(11-13-45-4)35-30(43-35)17-46-30/h5-9,16,18,20-23,25H,10-15,17H2,1-4H3,(H,31,39)(H,32,41)(H,33,42)(H,34,40)(H,37,38)/t20-,21-,22-,23-,25-,30-,35?/m0/s1. The number of carbonyl (C=O) groups is 6. The van der Waals surface area contributed by atoms with Crippen LogP contribution >= 0.6 is 35.3 Å². The molecular formula is C30H43N5O8S3. The summed E-state index contributed by atoms with van der Waals surface area (Å²) >= 11 is 4.62. The second-order valence-electron chi connectivity index (χ2n) is 11.4. The van der Waals surface area contributed by atoms with Crippen molar-refractivity contribution in [1.82, 2.24) is 26.3 Å². The molecule has 1 spiro atoms. The van der Waals surface area contributed by atoms with Gasteiger partial charge in [-0.2, -0.15) is 23.5 Å². The fourth-order valence-corrected chi connectivity index (χ4v) is 6.36. The number of hydrogen-bond donors (Lipinski definition) is 5. The van der Waals surface area contributed by atoms with Crippen LogP contribution in [0.4, 0.5) is 0 Å². The van der Waals surface area contributed by atoms with Gasteiger partial charge in [-0.1, -0.05) is 44.2 Å². The van der Waals surface area contributed by atoms with Gasteiger partial charge in [0.15, 0.2) is 0 Å². The lowest BCUT2D eigenvalue weighted by atomic mass is 10.00. The third-order valence-electron chi connectivity index (χ3n) is 7.42.